The first-order valence-corrected chi connectivity index (χ1v) is 16.9. The van der Waals surface area contributed by atoms with Crippen molar-refractivity contribution < 1.29 is 15.4 Å². The molecule has 0 atom stereocenters. The van der Waals surface area contributed by atoms with Crippen molar-refractivity contribution in [3.05, 3.63) is 182 Å². The molecule has 0 unspecified atom stereocenters. The molecule has 0 spiro atoms. The molecule has 0 fully saturated rings. The van der Waals surface area contributed by atoms with Gasteiger partial charge in [-0.2, -0.15) is 0 Å². The van der Waals surface area contributed by atoms with Crippen LogP contribution in [0.15, 0.2) is 186 Å². The quantitative estimate of drug-likeness (QED) is 0.173. The second-order valence-electron chi connectivity index (χ2n) is 13.0. The molecule has 51 heavy (non-hydrogen) atoms. The summed E-state index contributed by atoms with van der Waals surface area (Å²) in [5.74, 6) is 0. The summed E-state index contributed by atoms with van der Waals surface area (Å²) in [5.41, 5.74) is 5.19. The molecule has 0 bridgehead atoms. The van der Waals surface area contributed by atoms with Gasteiger partial charge in [-0.15, -0.1) is 0 Å². The highest BCUT2D eigenvalue weighted by Gasteiger charge is 2.21. The summed E-state index contributed by atoms with van der Waals surface area (Å²) < 4.78 is 79.9. The zero-order chi connectivity index (χ0) is 40.4. The number of hydrogen-bond donors (Lipinski definition) is 0. The maximum Gasteiger partial charge on any atom is 0.136 e. The van der Waals surface area contributed by atoms with Gasteiger partial charge in [0.05, 0.1) is 11.0 Å². The average Bonchev–Trinajstić information content (AvgIpc) is 3.67. The number of rotatable bonds is 3. The van der Waals surface area contributed by atoms with Crippen LogP contribution >= 0.6 is 0 Å². The highest BCUT2D eigenvalue weighted by atomic mass is 16.3. The van der Waals surface area contributed by atoms with Crippen LogP contribution in [0.1, 0.15) is 11.0 Å². The minimum absolute atomic E-state index is 0.184. The summed E-state index contributed by atoms with van der Waals surface area (Å²) in [7, 11) is 0. The van der Waals surface area contributed by atoms with Crippen molar-refractivity contribution in [1.29, 1.82) is 0 Å². The Bertz CT molecular complexity index is 3580. The lowest BCUT2D eigenvalue weighted by Gasteiger charge is -2.20. The zero-order valence-corrected chi connectivity index (χ0v) is 27.1. The Balaban J connectivity index is 1.31. The molecular formula is C50H30O. The largest absolute Gasteiger partial charge is 0.456 e. The standard InChI is InChI=1S/C50H30O/c1-2-14-33-30-34(25-24-31(33)12-1)47-40-18-7-9-20-42(40)48(43-21-10-8-19-41(43)47)44-28-27-38(36-16-5-6-17-37(36)44)39-22-11-23-45-50(39)49-35-15-4-3-13-32(35)26-29-46(49)51-45/h1-30H/i7D,8D,9D,10D,18D,19D,20D,21D. The van der Waals surface area contributed by atoms with E-state index < -0.39 is 24.2 Å². The number of furan rings is 1. The molecule has 0 radical (unpaired) electrons. The van der Waals surface area contributed by atoms with Crippen LogP contribution < -0.4 is 0 Å². The third kappa shape index (κ3) is 4.16. The molecule has 1 heterocycles. The Morgan fingerprint density at radius 3 is 1.67 bits per heavy atom. The summed E-state index contributed by atoms with van der Waals surface area (Å²) in [6.45, 7) is 0. The van der Waals surface area contributed by atoms with Gasteiger partial charge in [0.25, 0.3) is 0 Å². The second kappa shape index (κ2) is 10.9. The highest BCUT2D eigenvalue weighted by molar-refractivity contribution is 6.27. The van der Waals surface area contributed by atoms with Crippen LogP contribution in [-0.2, 0) is 0 Å². The van der Waals surface area contributed by atoms with Gasteiger partial charge < -0.3 is 4.42 Å². The third-order valence-corrected chi connectivity index (χ3v) is 10.3. The predicted octanol–water partition coefficient (Wildman–Crippen LogP) is 14.4. The smallest absolute Gasteiger partial charge is 0.136 e. The lowest BCUT2D eigenvalue weighted by Crippen LogP contribution is -1.92. The van der Waals surface area contributed by atoms with Gasteiger partial charge in [0, 0.05) is 10.8 Å². The van der Waals surface area contributed by atoms with Gasteiger partial charge in [0.1, 0.15) is 11.2 Å². The van der Waals surface area contributed by atoms with Gasteiger partial charge in [-0.3, -0.25) is 0 Å². The molecule has 1 heteroatoms. The topological polar surface area (TPSA) is 13.1 Å². The van der Waals surface area contributed by atoms with Crippen molar-refractivity contribution in [1.82, 2.24) is 0 Å². The molecule has 0 saturated carbocycles. The highest BCUT2D eigenvalue weighted by Crippen LogP contribution is 2.48. The number of benzene rings is 10. The van der Waals surface area contributed by atoms with Crippen LogP contribution in [0.5, 0.6) is 0 Å². The fourth-order valence-electron chi connectivity index (χ4n) is 8.09. The molecule has 10 aromatic carbocycles. The summed E-state index contributed by atoms with van der Waals surface area (Å²) in [6, 6.07) is 40.7. The van der Waals surface area contributed by atoms with Gasteiger partial charge in [-0.1, -0.05) is 164 Å². The van der Waals surface area contributed by atoms with Crippen LogP contribution in [0.25, 0.3) is 109 Å². The Labute approximate surface area is 305 Å². The normalized spacial score (nSPS) is 14.1. The van der Waals surface area contributed by atoms with E-state index in [4.69, 9.17) is 9.90 Å². The molecule has 0 aliphatic carbocycles. The van der Waals surface area contributed by atoms with Crippen LogP contribution in [0.3, 0.4) is 0 Å². The van der Waals surface area contributed by atoms with E-state index >= 15 is 0 Å². The first-order valence-electron chi connectivity index (χ1n) is 20.9. The number of hydrogen-bond acceptors (Lipinski definition) is 1. The van der Waals surface area contributed by atoms with Crippen LogP contribution in [0, 0.1) is 0 Å². The van der Waals surface area contributed by atoms with E-state index in [-0.39, 0.29) is 45.7 Å². The maximum atomic E-state index is 9.51. The molecule has 0 N–H and O–H groups in total. The summed E-state index contributed by atoms with van der Waals surface area (Å²) in [4.78, 5) is 0. The summed E-state index contributed by atoms with van der Waals surface area (Å²) >= 11 is 0. The van der Waals surface area contributed by atoms with E-state index in [0.717, 1.165) is 65.4 Å². The molecule has 236 valence electrons. The Kier molecular flexibility index (Phi) is 4.57. The third-order valence-electron chi connectivity index (χ3n) is 10.3. The van der Waals surface area contributed by atoms with Gasteiger partial charge in [-0.05, 0) is 105 Å². The van der Waals surface area contributed by atoms with Gasteiger partial charge in [-0.25, -0.2) is 0 Å². The zero-order valence-electron chi connectivity index (χ0n) is 35.1. The minimum atomic E-state index is -0.430. The van der Waals surface area contributed by atoms with Crippen molar-refractivity contribution in [2.45, 2.75) is 0 Å². The van der Waals surface area contributed by atoms with Crippen LogP contribution in [-0.4, -0.2) is 0 Å². The molecule has 11 aromatic rings. The Hall–Kier alpha value is -6.70. The molecule has 1 aromatic heterocycles. The van der Waals surface area contributed by atoms with Crippen molar-refractivity contribution in [2.24, 2.45) is 0 Å². The molecule has 1 nitrogen and oxygen atoms in total. The fourth-order valence-corrected chi connectivity index (χ4v) is 8.09. The molecule has 0 amide bonds. The molecular weight excluding hydrogens is 617 g/mol. The summed E-state index contributed by atoms with van der Waals surface area (Å²) in [6.07, 6.45) is 0. The van der Waals surface area contributed by atoms with E-state index in [1.54, 1.807) is 0 Å². The van der Waals surface area contributed by atoms with E-state index in [0.29, 0.717) is 22.3 Å². The molecule has 0 saturated heterocycles. The summed E-state index contributed by atoms with van der Waals surface area (Å²) in [5, 5.41) is 8.34. The maximum absolute atomic E-state index is 9.51. The lowest BCUT2D eigenvalue weighted by molar-refractivity contribution is 0.669. The van der Waals surface area contributed by atoms with E-state index in [1.807, 2.05) is 109 Å². The van der Waals surface area contributed by atoms with Crippen molar-refractivity contribution in [2.75, 3.05) is 0 Å². The van der Waals surface area contributed by atoms with Crippen molar-refractivity contribution in [3.8, 4) is 33.4 Å². The van der Waals surface area contributed by atoms with Gasteiger partial charge in [0.15, 0.2) is 0 Å². The minimum Gasteiger partial charge on any atom is -0.456 e. The average molecular weight is 655 g/mol. The molecule has 0 aliphatic heterocycles. The van der Waals surface area contributed by atoms with E-state index in [1.165, 1.54) is 0 Å². The Morgan fingerprint density at radius 1 is 0.353 bits per heavy atom. The van der Waals surface area contributed by atoms with Crippen LogP contribution in [0.2, 0.25) is 0 Å². The first kappa shape index (κ1) is 21.4. The van der Waals surface area contributed by atoms with Crippen LogP contribution in [0.4, 0.5) is 0 Å². The van der Waals surface area contributed by atoms with Gasteiger partial charge >= 0.3 is 0 Å². The van der Waals surface area contributed by atoms with Gasteiger partial charge in [0.2, 0.25) is 0 Å². The van der Waals surface area contributed by atoms with E-state index in [2.05, 4.69) is 24.3 Å². The van der Waals surface area contributed by atoms with E-state index in [9.17, 15) is 5.48 Å². The van der Waals surface area contributed by atoms with Crippen molar-refractivity contribution in [3.63, 3.8) is 0 Å². The SMILES string of the molecule is [2H]c1c([2H])c([2H])c2c(-c3ccc(-c4cccc5oc6ccc7ccccc7c6c45)c4ccccc34)c3c([2H])c([2H])c([2H])c([2H])c3c(-c3ccc4ccccc4c3)c2c1[2H]. The van der Waals surface area contributed by atoms with Crippen molar-refractivity contribution >= 4 is 75.8 Å². The second-order valence-corrected chi connectivity index (χ2v) is 13.0. The Morgan fingerprint density at radius 2 is 0.922 bits per heavy atom. The monoisotopic (exact) mass is 654 g/mol. The molecule has 11 rings (SSSR count). The fraction of sp³-hybridized carbons (Fsp3) is 0. The number of fused-ring (bicyclic) bond motifs is 9. The molecule has 0 aliphatic rings. The first-order chi connectivity index (χ1) is 28.6. The predicted molar refractivity (Wildman–Crippen MR) is 218 cm³/mol. The lowest BCUT2D eigenvalue weighted by atomic mass is 9.83.